The molecule has 0 fully saturated rings. The van der Waals surface area contributed by atoms with Crippen LogP contribution in [0, 0.1) is 6.92 Å². The molecule has 1 rings (SSSR count). The smallest absolute Gasteiger partial charge is 0.260 e. The molecule has 6 heteroatoms. The molecule has 0 aliphatic heterocycles. The zero-order chi connectivity index (χ0) is 17.2. The van der Waals surface area contributed by atoms with Crippen LogP contribution in [-0.4, -0.2) is 45.4 Å². The second-order valence-electron chi connectivity index (χ2n) is 5.97. The number of halogens is 1. The molecule has 0 saturated carbocycles. The summed E-state index contributed by atoms with van der Waals surface area (Å²) in [6.45, 7) is 10.9. The maximum absolute atomic E-state index is 12.0. The van der Waals surface area contributed by atoms with E-state index in [2.05, 4.69) is 37.5 Å². The predicted octanol–water partition coefficient (Wildman–Crippen LogP) is 2.66. The van der Waals surface area contributed by atoms with Gasteiger partial charge in [-0.25, -0.2) is 0 Å². The molecule has 0 heterocycles. The Kier molecular flexibility index (Phi) is 11.5. The molecule has 1 unspecified atom stereocenters. The summed E-state index contributed by atoms with van der Waals surface area (Å²) in [5.41, 5.74) is 2.49. The molecule has 0 saturated heterocycles. The molecule has 0 bridgehead atoms. The number of hydrogen-bond donors (Lipinski definition) is 2. The van der Waals surface area contributed by atoms with E-state index in [1.807, 2.05) is 12.1 Å². The van der Waals surface area contributed by atoms with Gasteiger partial charge in [-0.2, -0.15) is 0 Å². The third-order valence-electron chi connectivity index (χ3n) is 3.63. The Balaban J connectivity index is 0.00000529. The fourth-order valence-corrected chi connectivity index (χ4v) is 2.34. The van der Waals surface area contributed by atoms with Crippen molar-refractivity contribution in [3.8, 4) is 5.75 Å². The summed E-state index contributed by atoms with van der Waals surface area (Å²) in [4.78, 5) is 12.0. The van der Waals surface area contributed by atoms with Gasteiger partial charge in [0.1, 0.15) is 5.75 Å². The minimum absolute atomic E-state index is 0. The number of hydrogen-bond acceptors (Lipinski definition) is 4. The Morgan fingerprint density at radius 1 is 1.17 bits per heavy atom. The number of nitrogens with one attached hydrogen (secondary N) is 2. The fourth-order valence-electron chi connectivity index (χ4n) is 2.34. The second-order valence-corrected chi connectivity index (χ2v) is 5.97. The lowest BCUT2D eigenvalue weighted by Crippen LogP contribution is -2.40. The Hall–Kier alpha value is -1.30. The van der Waals surface area contributed by atoms with Crippen LogP contribution in [0.3, 0.4) is 0 Å². The minimum Gasteiger partial charge on any atom is -0.481 e. The Morgan fingerprint density at radius 2 is 1.88 bits per heavy atom. The van der Waals surface area contributed by atoms with Crippen LogP contribution in [0.4, 0.5) is 0 Å². The molecule has 1 amide bonds. The van der Waals surface area contributed by atoms with E-state index in [4.69, 9.17) is 9.47 Å². The highest BCUT2D eigenvalue weighted by Crippen LogP contribution is 2.24. The summed E-state index contributed by atoms with van der Waals surface area (Å²) in [6, 6.07) is 5.99. The van der Waals surface area contributed by atoms with Crippen LogP contribution in [-0.2, 0) is 9.53 Å². The lowest BCUT2D eigenvalue weighted by atomic mass is 9.98. The second kappa shape index (κ2) is 12.1. The average Bonchev–Trinajstić information content (AvgIpc) is 2.50. The van der Waals surface area contributed by atoms with Gasteiger partial charge in [0, 0.05) is 26.7 Å². The molecule has 0 aliphatic rings. The van der Waals surface area contributed by atoms with E-state index in [0.29, 0.717) is 25.6 Å². The zero-order valence-corrected chi connectivity index (χ0v) is 16.2. The van der Waals surface area contributed by atoms with E-state index >= 15 is 0 Å². The Bertz CT molecular complexity index is 495. The van der Waals surface area contributed by atoms with Crippen LogP contribution in [0.5, 0.6) is 5.75 Å². The topological polar surface area (TPSA) is 59.6 Å². The first-order chi connectivity index (χ1) is 11.0. The van der Waals surface area contributed by atoms with Gasteiger partial charge in [0.05, 0.1) is 6.61 Å². The number of benzene rings is 1. The number of aryl methyl sites for hydroxylation is 1. The summed E-state index contributed by atoms with van der Waals surface area (Å²) in [6.07, 6.45) is -0.515. The molecule has 5 nitrogen and oxygen atoms in total. The van der Waals surface area contributed by atoms with Gasteiger partial charge in [0.15, 0.2) is 6.10 Å². The molecule has 0 aliphatic carbocycles. The number of carbonyl (C=O) groups excluding carboxylic acids is 1. The van der Waals surface area contributed by atoms with E-state index < -0.39 is 6.10 Å². The standard InChI is InChI=1S/C18H30N2O3.ClH/c1-13(2)17-7-6-16(12-14(17)3)23-15(4)18(21)20-9-8-19-10-11-22-5;/h6-7,12-13,15,19H,8-11H2,1-5H3,(H,20,21);1H. The first-order valence-electron chi connectivity index (χ1n) is 8.20. The molecule has 1 aromatic carbocycles. The van der Waals surface area contributed by atoms with Gasteiger partial charge >= 0.3 is 0 Å². The normalized spacial score (nSPS) is 11.8. The van der Waals surface area contributed by atoms with Crippen LogP contribution in [0.1, 0.15) is 37.8 Å². The molecule has 1 aromatic rings. The highest BCUT2D eigenvalue weighted by Gasteiger charge is 2.14. The third-order valence-corrected chi connectivity index (χ3v) is 3.63. The predicted molar refractivity (Wildman–Crippen MR) is 100 cm³/mol. The van der Waals surface area contributed by atoms with Crippen LogP contribution in [0.15, 0.2) is 18.2 Å². The summed E-state index contributed by atoms with van der Waals surface area (Å²) >= 11 is 0. The number of carbonyl (C=O) groups is 1. The van der Waals surface area contributed by atoms with E-state index in [1.165, 1.54) is 11.1 Å². The van der Waals surface area contributed by atoms with Gasteiger partial charge in [0.25, 0.3) is 5.91 Å². The van der Waals surface area contributed by atoms with Crippen LogP contribution < -0.4 is 15.4 Å². The molecular weight excluding hydrogens is 328 g/mol. The van der Waals surface area contributed by atoms with Crippen LogP contribution in [0.25, 0.3) is 0 Å². The molecule has 1 atom stereocenters. The van der Waals surface area contributed by atoms with Gasteiger partial charge < -0.3 is 20.1 Å². The largest absolute Gasteiger partial charge is 0.481 e. The maximum atomic E-state index is 12.0. The highest BCUT2D eigenvalue weighted by atomic mass is 35.5. The van der Waals surface area contributed by atoms with Crippen molar-refractivity contribution in [1.29, 1.82) is 0 Å². The molecular formula is C18H31ClN2O3. The Morgan fingerprint density at radius 3 is 2.46 bits per heavy atom. The fraction of sp³-hybridized carbons (Fsp3) is 0.611. The lowest BCUT2D eigenvalue weighted by molar-refractivity contribution is -0.127. The van der Waals surface area contributed by atoms with Crippen molar-refractivity contribution in [1.82, 2.24) is 10.6 Å². The number of ether oxygens (including phenoxy) is 2. The summed E-state index contributed by atoms with van der Waals surface area (Å²) in [5.74, 6) is 1.10. The summed E-state index contributed by atoms with van der Waals surface area (Å²) in [7, 11) is 1.66. The zero-order valence-electron chi connectivity index (χ0n) is 15.3. The maximum Gasteiger partial charge on any atom is 0.260 e. The van der Waals surface area contributed by atoms with Gasteiger partial charge in [-0.15, -0.1) is 12.4 Å². The molecule has 2 N–H and O–H groups in total. The minimum atomic E-state index is -0.515. The van der Waals surface area contributed by atoms with Crippen molar-refractivity contribution in [2.45, 2.75) is 39.7 Å². The van der Waals surface area contributed by atoms with Crippen molar-refractivity contribution in [2.24, 2.45) is 0 Å². The van der Waals surface area contributed by atoms with Crippen molar-refractivity contribution in [2.75, 3.05) is 33.4 Å². The summed E-state index contributed by atoms with van der Waals surface area (Å²) in [5, 5.41) is 6.03. The first-order valence-corrected chi connectivity index (χ1v) is 8.20. The number of methoxy groups -OCH3 is 1. The quantitative estimate of drug-likeness (QED) is 0.631. The Labute approximate surface area is 151 Å². The van der Waals surface area contributed by atoms with Crippen molar-refractivity contribution in [3.63, 3.8) is 0 Å². The van der Waals surface area contributed by atoms with Gasteiger partial charge in [-0.05, 0) is 43.0 Å². The molecule has 0 aromatic heterocycles. The van der Waals surface area contributed by atoms with Gasteiger partial charge in [-0.3, -0.25) is 4.79 Å². The van der Waals surface area contributed by atoms with E-state index in [9.17, 15) is 4.79 Å². The van der Waals surface area contributed by atoms with E-state index in [0.717, 1.165) is 12.3 Å². The number of amides is 1. The monoisotopic (exact) mass is 358 g/mol. The van der Waals surface area contributed by atoms with Crippen molar-refractivity contribution >= 4 is 18.3 Å². The van der Waals surface area contributed by atoms with Crippen LogP contribution in [0.2, 0.25) is 0 Å². The first kappa shape index (κ1) is 22.7. The molecule has 0 radical (unpaired) electrons. The van der Waals surface area contributed by atoms with E-state index in [1.54, 1.807) is 14.0 Å². The SMILES string of the molecule is COCCNCCNC(=O)C(C)Oc1ccc(C(C)C)c(C)c1.Cl. The van der Waals surface area contributed by atoms with Crippen LogP contribution >= 0.6 is 12.4 Å². The van der Waals surface area contributed by atoms with Gasteiger partial charge in [0.2, 0.25) is 0 Å². The molecule has 138 valence electrons. The summed E-state index contributed by atoms with van der Waals surface area (Å²) < 4.78 is 10.7. The lowest BCUT2D eigenvalue weighted by Gasteiger charge is -2.17. The third kappa shape index (κ3) is 7.99. The molecule has 24 heavy (non-hydrogen) atoms. The highest BCUT2D eigenvalue weighted by molar-refractivity contribution is 5.85. The molecule has 0 spiro atoms. The number of rotatable bonds is 10. The van der Waals surface area contributed by atoms with E-state index in [-0.39, 0.29) is 18.3 Å². The van der Waals surface area contributed by atoms with Crippen molar-refractivity contribution in [3.05, 3.63) is 29.3 Å². The van der Waals surface area contributed by atoms with Crippen molar-refractivity contribution < 1.29 is 14.3 Å². The van der Waals surface area contributed by atoms with Gasteiger partial charge in [-0.1, -0.05) is 19.9 Å². The average molecular weight is 359 g/mol.